The second-order valence-corrected chi connectivity index (χ2v) is 7.76. The van der Waals surface area contributed by atoms with Crippen molar-refractivity contribution >= 4 is 27.6 Å². The van der Waals surface area contributed by atoms with Crippen LogP contribution in [-0.4, -0.2) is 50.1 Å². The molecule has 1 aromatic carbocycles. The number of hydrogen-bond acceptors (Lipinski definition) is 4. The lowest BCUT2D eigenvalue weighted by molar-refractivity contribution is 0.0697. The number of rotatable bonds is 10. The van der Waals surface area contributed by atoms with Crippen LogP contribution in [0.15, 0.2) is 23.1 Å². The van der Waals surface area contributed by atoms with Crippen molar-refractivity contribution < 1.29 is 18.3 Å². The monoisotopic (exact) mass is 376 g/mol. The van der Waals surface area contributed by atoms with E-state index in [1.807, 2.05) is 0 Å². The highest BCUT2D eigenvalue weighted by atomic mass is 35.5. The summed E-state index contributed by atoms with van der Waals surface area (Å²) in [7, 11) is -3.78. The number of carbonyl (C=O) groups is 1. The molecule has 0 aromatic heterocycles. The van der Waals surface area contributed by atoms with Gasteiger partial charge in [-0.15, -0.1) is 0 Å². The number of nitrogens with one attached hydrogen (secondary N) is 1. The Labute approximate surface area is 148 Å². The lowest BCUT2D eigenvalue weighted by Gasteiger charge is -2.19. The van der Waals surface area contributed by atoms with E-state index < -0.39 is 16.0 Å². The predicted molar refractivity (Wildman–Crippen MR) is 95.2 cm³/mol. The molecule has 0 fully saturated rings. The number of nitrogens with zero attached hydrogens (tertiary/aromatic N) is 1. The van der Waals surface area contributed by atoms with Crippen molar-refractivity contribution in [3.8, 4) is 0 Å². The minimum Gasteiger partial charge on any atom is -0.478 e. The molecule has 136 valence electrons. The average molecular weight is 377 g/mol. The van der Waals surface area contributed by atoms with Crippen molar-refractivity contribution in [3.63, 3.8) is 0 Å². The van der Waals surface area contributed by atoms with Crippen molar-refractivity contribution in [2.24, 2.45) is 0 Å². The van der Waals surface area contributed by atoms with Gasteiger partial charge in [0.25, 0.3) is 0 Å². The van der Waals surface area contributed by atoms with Gasteiger partial charge in [-0.1, -0.05) is 25.4 Å². The van der Waals surface area contributed by atoms with Gasteiger partial charge < -0.3 is 10.0 Å². The number of sulfonamides is 1. The maximum absolute atomic E-state index is 12.4. The van der Waals surface area contributed by atoms with Crippen LogP contribution in [0.4, 0.5) is 0 Å². The molecule has 1 rings (SSSR count). The number of benzene rings is 1. The molecule has 0 unspecified atom stereocenters. The van der Waals surface area contributed by atoms with Gasteiger partial charge in [-0.05, 0) is 57.6 Å². The molecule has 2 N–H and O–H groups in total. The number of halogens is 1. The first-order chi connectivity index (χ1) is 11.2. The van der Waals surface area contributed by atoms with Crippen LogP contribution in [0.5, 0.6) is 0 Å². The second-order valence-electron chi connectivity index (χ2n) is 5.64. The minimum absolute atomic E-state index is 0.00808. The van der Waals surface area contributed by atoms with Crippen molar-refractivity contribution in [2.75, 3.05) is 19.6 Å². The van der Waals surface area contributed by atoms with Crippen LogP contribution in [0.1, 0.15) is 44.0 Å². The molecule has 0 aliphatic rings. The fourth-order valence-electron chi connectivity index (χ4n) is 2.39. The summed E-state index contributed by atoms with van der Waals surface area (Å²) >= 11 is 5.77. The van der Waals surface area contributed by atoms with Gasteiger partial charge in [0.05, 0.1) is 15.5 Å². The zero-order valence-electron chi connectivity index (χ0n) is 14.3. The SMILES string of the molecule is CCN(CC)CCC[C@H](C)NS(=O)(=O)c1ccc(Cl)c(C(=O)O)c1. The quantitative estimate of drug-likeness (QED) is 0.655. The van der Waals surface area contributed by atoms with E-state index in [1.165, 1.54) is 12.1 Å². The average Bonchev–Trinajstić information content (AvgIpc) is 2.51. The molecule has 1 atom stereocenters. The normalized spacial score (nSPS) is 13.2. The number of aromatic carboxylic acids is 1. The summed E-state index contributed by atoms with van der Waals surface area (Å²) < 4.78 is 27.3. The van der Waals surface area contributed by atoms with Crippen LogP contribution in [0.25, 0.3) is 0 Å². The van der Waals surface area contributed by atoms with E-state index in [2.05, 4.69) is 23.5 Å². The first-order valence-electron chi connectivity index (χ1n) is 7.98. The third-order valence-corrected chi connectivity index (χ3v) is 5.76. The van der Waals surface area contributed by atoms with E-state index in [0.29, 0.717) is 6.42 Å². The highest BCUT2D eigenvalue weighted by molar-refractivity contribution is 7.89. The maximum atomic E-state index is 12.4. The van der Waals surface area contributed by atoms with Crippen molar-refractivity contribution in [3.05, 3.63) is 28.8 Å². The van der Waals surface area contributed by atoms with Gasteiger partial charge >= 0.3 is 5.97 Å². The Morgan fingerprint density at radius 2 is 1.96 bits per heavy atom. The van der Waals surface area contributed by atoms with Gasteiger partial charge in [0, 0.05) is 6.04 Å². The van der Waals surface area contributed by atoms with Crippen molar-refractivity contribution in [1.29, 1.82) is 0 Å². The van der Waals surface area contributed by atoms with Crippen molar-refractivity contribution in [1.82, 2.24) is 9.62 Å². The Hall–Kier alpha value is -1.15. The molecule has 6 nitrogen and oxygen atoms in total. The van der Waals surface area contributed by atoms with Gasteiger partial charge in [-0.3, -0.25) is 0 Å². The molecule has 0 bridgehead atoms. The predicted octanol–water partition coefficient (Wildman–Crippen LogP) is 2.83. The molecule has 0 amide bonds. The first-order valence-corrected chi connectivity index (χ1v) is 9.84. The summed E-state index contributed by atoms with van der Waals surface area (Å²) in [5.74, 6) is -1.26. The topological polar surface area (TPSA) is 86.7 Å². The summed E-state index contributed by atoms with van der Waals surface area (Å²) in [6.45, 7) is 8.85. The fourth-order valence-corrected chi connectivity index (χ4v) is 3.89. The molecular weight excluding hydrogens is 352 g/mol. The summed E-state index contributed by atoms with van der Waals surface area (Å²) in [6, 6.07) is 3.43. The third kappa shape index (κ3) is 6.05. The summed E-state index contributed by atoms with van der Waals surface area (Å²) in [4.78, 5) is 13.3. The number of carboxylic acid groups (broad SMARTS) is 1. The smallest absolute Gasteiger partial charge is 0.337 e. The second kappa shape index (κ2) is 9.36. The highest BCUT2D eigenvalue weighted by Crippen LogP contribution is 2.21. The van der Waals surface area contributed by atoms with Gasteiger partial charge in [0.1, 0.15) is 0 Å². The molecule has 0 heterocycles. The van der Waals surface area contributed by atoms with Crippen LogP contribution in [-0.2, 0) is 10.0 Å². The van der Waals surface area contributed by atoms with E-state index in [4.69, 9.17) is 16.7 Å². The van der Waals surface area contributed by atoms with Crippen LogP contribution in [0.2, 0.25) is 5.02 Å². The van der Waals surface area contributed by atoms with E-state index in [0.717, 1.165) is 32.1 Å². The molecule has 0 saturated carbocycles. The Bertz CT molecular complexity index is 660. The van der Waals surface area contributed by atoms with Gasteiger partial charge in [-0.25, -0.2) is 17.9 Å². The van der Waals surface area contributed by atoms with E-state index >= 15 is 0 Å². The van der Waals surface area contributed by atoms with Crippen molar-refractivity contribution in [2.45, 2.75) is 44.6 Å². The number of carboxylic acids is 1. The highest BCUT2D eigenvalue weighted by Gasteiger charge is 2.20. The zero-order valence-corrected chi connectivity index (χ0v) is 15.8. The van der Waals surface area contributed by atoms with E-state index in [9.17, 15) is 13.2 Å². The molecule has 8 heteroatoms. The van der Waals surface area contributed by atoms with Gasteiger partial charge in [0.15, 0.2) is 0 Å². The Morgan fingerprint density at radius 3 is 2.50 bits per heavy atom. The molecule has 0 spiro atoms. The summed E-state index contributed by atoms with van der Waals surface area (Å²) in [5, 5.41) is 9.06. The molecule has 0 saturated heterocycles. The zero-order chi connectivity index (χ0) is 18.3. The molecule has 24 heavy (non-hydrogen) atoms. The fraction of sp³-hybridized carbons (Fsp3) is 0.562. The molecule has 1 aromatic rings. The van der Waals surface area contributed by atoms with Crippen LogP contribution in [0, 0.1) is 0 Å². The first kappa shape index (κ1) is 20.9. The van der Waals surface area contributed by atoms with Gasteiger partial charge in [-0.2, -0.15) is 0 Å². The lowest BCUT2D eigenvalue weighted by atomic mass is 10.2. The van der Waals surface area contributed by atoms with Crippen LogP contribution < -0.4 is 4.72 Å². The molecular formula is C16H25ClN2O4S. The lowest BCUT2D eigenvalue weighted by Crippen LogP contribution is -2.33. The van der Waals surface area contributed by atoms with Crippen LogP contribution in [0.3, 0.4) is 0 Å². The largest absolute Gasteiger partial charge is 0.478 e. The van der Waals surface area contributed by atoms with Gasteiger partial charge in [0.2, 0.25) is 10.0 Å². The van der Waals surface area contributed by atoms with Crippen LogP contribution >= 0.6 is 11.6 Å². The summed E-state index contributed by atoms with van der Waals surface area (Å²) in [6.07, 6.45) is 1.58. The van der Waals surface area contributed by atoms with E-state index in [-0.39, 0.29) is 21.5 Å². The molecule has 0 aliphatic carbocycles. The number of hydrogen-bond donors (Lipinski definition) is 2. The Morgan fingerprint density at radius 1 is 1.33 bits per heavy atom. The van der Waals surface area contributed by atoms with E-state index in [1.54, 1.807) is 6.92 Å². The summed E-state index contributed by atoms with van der Waals surface area (Å²) in [5.41, 5.74) is -0.228. The Balaban J connectivity index is 2.72. The molecule has 0 radical (unpaired) electrons. The standard InChI is InChI=1S/C16H25ClN2O4S/c1-4-19(5-2)10-6-7-12(3)18-24(22,23)13-8-9-15(17)14(11-13)16(20)21/h8-9,11-12,18H,4-7,10H2,1-3H3,(H,20,21)/t12-/m0/s1. The third-order valence-electron chi connectivity index (χ3n) is 3.84. The molecule has 0 aliphatic heterocycles. The maximum Gasteiger partial charge on any atom is 0.337 e. The minimum atomic E-state index is -3.78. The Kier molecular flexibility index (Phi) is 8.15.